The normalized spacial score (nSPS) is 11.1. The van der Waals surface area contributed by atoms with Gasteiger partial charge < -0.3 is 10.4 Å². The predicted octanol–water partition coefficient (Wildman–Crippen LogP) is 1.30. The number of hydrogen-bond acceptors (Lipinski definition) is 3. The highest BCUT2D eigenvalue weighted by Gasteiger charge is 2.24. The Labute approximate surface area is 106 Å². The fraction of sp³-hybridized carbons (Fsp3) is 0.462. The molecule has 0 atom stereocenters. The summed E-state index contributed by atoms with van der Waals surface area (Å²) in [7, 11) is 0. The van der Waals surface area contributed by atoms with Gasteiger partial charge in [-0.1, -0.05) is 6.07 Å². The first-order chi connectivity index (χ1) is 8.30. The van der Waals surface area contributed by atoms with Crippen molar-refractivity contribution in [3.05, 3.63) is 29.6 Å². The van der Waals surface area contributed by atoms with Crippen molar-refractivity contribution >= 4 is 11.9 Å². The standard InChI is InChI=1S/C13H18N2O3/c1-9-5-4-6-14-10(9)7-11(16)15-13(2,3)8-12(17)18/h4-6H,7-8H2,1-3H3,(H,15,16)(H,17,18). The number of rotatable bonds is 5. The van der Waals surface area contributed by atoms with Crippen LogP contribution in [-0.2, 0) is 16.0 Å². The molecular weight excluding hydrogens is 232 g/mol. The molecule has 98 valence electrons. The highest BCUT2D eigenvalue weighted by Crippen LogP contribution is 2.10. The van der Waals surface area contributed by atoms with Gasteiger partial charge in [0.15, 0.2) is 0 Å². The van der Waals surface area contributed by atoms with Gasteiger partial charge in [0, 0.05) is 11.7 Å². The van der Waals surface area contributed by atoms with Gasteiger partial charge in [-0.3, -0.25) is 14.6 Å². The van der Waals surface area contributed by atoms with Crippen molar-refractivity contribution in [2.24, 2.45) is 0 Å². The van der Waals surface area contributed by atoms with E-state index in [1.807, 2.05) is 19.1 Å². The van der Waals surface area contributed by atoms with Gasteiger partial charge in [-0.15, -0.1) is 0 Å². The molecule has 2 N–H and O–H groups in total. The molecule has 0 aliphatic heterocycles. The number of aliphatic carboxylic acids is 1. The summed E-state index contributed by atoms with van der Waals surface area (Å²) in [4.78, 5) is 26.6. The number of hydrogen-bond donors (Lipinski definition) is 2. The third kappa shape index (κ3) is 4.53. The first kappa shape index (κ1) is 14.2. The molecule has 0 aromatic carbocycles. The first-order valence-electron chi connectivity index (χ1n) is 5.73. The van der Waals surface area contributed by atoms with Crippen LogP contribution in [0.2, 0.25) is 0 Å². The summed E-state index contributed by atoms with van der Waals surface area (Å²) < 4.78 is 0. The lowest BCUT2D eigenvalue weighted by Gasteiger charge is -2.24. The minimum atomic E-state index is -0.936. The monoisotopic (exact) mass is 250 g/mol. The summed E-state index contributed by atoms with van der Waals surface area (Å²) in [6.45, 7) is 5.26. The molecule has 0 aliphatic rings. The molecule has 0 spiro atoms. The number of aryl methyl sites for hydroxylation is 1. The number of carbonyl (C=O) groups excluding carboxylic acids is 1. The van der Waals surface area contributed by atoms with Gasteiger partial charge in [0.2, 0.25) is 5.91 Å². The Hall–Kier alpha value is -1.91. The Balaban J connectivity index is 2.62. The largest absolute Gasteiger partial charge is 0.481 e. The van der Waals surface area contributed by atoms with Crippen LogP contribution in [0.15, 0.2) is 18.3 Å². The van der Waals surface area contributed by atoms with Gasteiger partial charge in [0.1, 0.15) is 0 Å². The molecule has 0 aliphatic carbocycles. The number of amides is 1. The van der Waals surface area contributed by atoms with Crippen LogP contribution < -0.4 is 5.32 Å². The fourth-order valence-corrected chi connectivity index (χ4v) is 1.70. The molecule has 0 bridgehead atoms. The Kier molecular flexibility index (Phi) is 4.42. The quantitative estimate of drug-likeness (QED) is 0.825. The Morgan fingerprint density at radius 2 is 2.11 bits per heavy atom. The fourth-order valence-electron chi connectivity index (χ4n) is 1.70. The maximum Gasteiger partial charge on any atom is 0.305 e. The molecule has 18 heavy (non-hydrogen) atoms. The number of pyridine rings is 1. The predicted molar refractivity (Wildman–Crippen MR) is 67.2 cm³/mol. The third-order valence-corrected chi connectivity index (χ3v) is 2.52. The number of nitrogens with zero attached hydrogens (tertiary/aromatic N) is 1. The van der Waals surface area contributed by atoms with Gasteiger partial charge in [-0.25, -0.2) is 0 Å². The molecule has 0 radical (unpaired) electrons. The highest BCUT2D eigenvalue weighted by atomic mass is 16.4. The maximum absolute atomic E-state index is 11.8. The van der Waals surface area contributed by atoms with E-state index in [-0.39, 0.29) is 18.7 Å². The summed E-state index contributed by atoms with van der Waals surface area (Å²) in [6.07, 6.45) is 1.69. The minimum absolute atomic E-state index is 0.111. The molecule has 1 amide bonds. The van der Waals surface area contributed by atoms with Crippen LogP contribution in [0, 0.1) is 6.92 Å². The zero-order valence-electron chi connectivity index (χ0n) is 10.9. The summed E-state index contributed by atoms with van der Waals surface area (Å²) in [5, 5.41) is 11.4. The van der Waals surface area contributed by atoms with Gasteiger partial charge in [-0.05, 0) is 32.4 Å². The Morgan fingerprint density at radius 3 is 2.67 bits per heavy atom. The van der Waals surface area contributed by atoms with E-state index in [1.165, 1.54) is 0 Å². The topological polar surface area (TPSA) is 79.3 Å². The van der Waals surface area contributed by atoms with Crippen LogP contribution in [-0.4, -0.2) is 27.5 Å². The number of nitrogens with one attached hydrogen (secondary N) is 1. The lowest BCUT2D eigenvalue weighted by atomic mass is 10.0. The van der Waals surface area contributed by atoms with Gasteiger partial charge in [0.25, 0.3) is 0 Å². The van der Waals surface area contributed by atoms with Crippen LogP contribution in [0.1, 0.15) is 31.5 Å². The second-order valence-corrected chi connectivity index (χ2v) is 4.95. The van der Waals surface area contributed by atoms with Crippen molar-refractivity contribution < 1.29 is 14.7 Å². The van der Waals surface area contributed by atoms with Crippen LogP contribution >= 0.6 is 0 Å². The van der Waals surface area contributed by atoms with Crippen LogP contribution in [0.5, 0.6) is 0 Å². The SMILES string of the molecule is Cc1cccnc1CC(=O)NC(C)(C)CC(=O)O. The highest BCUT2D eigenvalue weighted by molar-refractivity contribution is 5.80. The van der Waals surface area contributed by atoms with Gasteiger partial charge >= 0.3 is 5.97 Å². The zero-order valence-corrected chi connectivity index (χ0v) is 10.9. The van der Waals surface area contributed by atoms with E-state index in [0.717, 1.165) is 5.56 Å². The maximum atomic E-state index is 11.8. The molecule has 5 heteroatoms. The molecule has 0 unspecified atom stereocenters. The first-order valence-corrected chi connectivity index (χ1v) is 5.73. The van der Waals surface area contributed by atoms with E-state index >= 15 is 0 Å². The van der Waals surface area contributed by atoms with E-state index in [1.54, 1.807) is 20.0 Å². The van der Waals surface area contributed by atoms with E-state index in [0.29, 0.717) is 5.69 Å². The van der Waals surface area contributed by atoms with Crippen molar-refractivity contribution in [1.82, 2.24) is 10.3 Å². The average Bonchev–Trinajstić information content (AvgIpc) is 2.18. The van der Waals surface area contributed by atoms with Crippen molar-refractivity contribution in [1.29, 1.82) is 0 Å². The smallest absolute Gasteiger partial charge is 0.305 e. The molecule has 1 rings (SSSR count). The number of aromatic nitrogens is 1. The molecular formula is C13H18N2O3. The van der Waals surface area contributed by atoms with E-state index < -0.39 is 11.5 Å². The average molecular weight is 250 g/mol. The molecule has 5 nitrogen and oxygen atoms in total. The summed E-state index contributed by atoms with van der Waals surface area (Å²) in [6, 6.07) is 3.70. The molecule has 1 aromatic heterocycles. The Morgan fingerprint density at radius 1 is 1.44 bits per heavy atom. The van der Waals surface area contributed by atoms with Crippen molar-refractivity contribution in [3.63, 3.8) is 0 Å². The summed E-state index contributed by atoms with van der Waals surface area (Å²) in [5.74, 6) is -1.16. The van der Waals surface area contributed by atoms with Gasteiger partial charge in [-0.2, -0.15) is 0 Å². The van der Waals surface area contributed by atoms with Crippen molar-refractivity contribution in [3.8, 4) is 0 Å². The second kappa shape index (κ2) is 5.62. The Bertz CT molecular complexity index is 455. The third-order valence-electron chi connectivity index (χ3n) is 2.52. The minimum Gasteiger partial charge on any atom is -0.481 e. The van der Waals surface area contributed by atoms with E-state index in [2.05, 4.69) is 10.3 Å². The van der Waals surface area contributed by atoms with Crippen LogP contribution in [0.3, 0.4) is 0 Å². The van der Waals surface area contributed by atoms with Crippen LogP contribution in [0.25, 0.3) is 0 Å². The molecule has 0 fully saturated rings. The number of carboxylic acids is 1. The van der Waals surface area contributed by atoms with Crippen LogP contribution in [0.4, 0.5) is 0 Å². The molecule has 1 heterocycles. The molecule has 1 aromatic rings. The summed E-state index contributed by atoms with van der Waals surface area (Å²) in [5.41, 5.74) is 0.899. The molecule has 0 saturated carbocycles. The second-order valence-electron chi connectivity index (χ2n) is 4.95. The molecule has 0 saturated heterocycles. The lowest BCUT2D eigenvalue weighted by Crippen LogP contribution is -2.45. The summed E-state index contributed by atoms with van der Waals surface area (Å²) >= 11 is 0. The van der Waals surface area contributed by atoms with Crippen molar-refractivity contribution in [2.45, 2.75) is 39.2 Å². The van der Waals surface area contributed by atoms with Gasteiger partial charge in [0.05, 0.1) is 18.5 Å². The number of carbonyl (C=O) groups is 2. The van der Waals surface area contributed by atoms with E-state index in [4.69, 9.17) is 5.11 Å². The lowest BCUT2D eigenvalue weighted by molar-refractivity contribution is -0.138. The van der Waals surface area contributed by atoms with E-state index in [9.17, 15) is 9.59 Å². The number of carboxylic acid groups (broad SMARTS) is 1. The van der Waals surface area contributed by atoms with Crippen molar-refractivity contribution in [2.75, 3.05) is 0 Å². The zero-order chi connectivity index (χ0) is 13.8.